The van der Waals surface area contributed by atoms with Gasteiger partial charge in [-0.15, -0.1) is 0 Å². The molecule has 0 spiro atoms. The number of carbonyl (C=O) groups is 3. The number of methoxy groups -OCH3 is 2. The third-order valence-electron chi connectivity index (χ3n) is 4.74. The molecule has 0 saturated heterocycles. The molecule has 150 valence electrons. The quantitative estimate of drug-likeness (QED) is 0.783. The maximum Gasteiger partial charge on any atom is 0.338 e. The van der Waals surface area contributed by atoms with Crippen LogP contribution in [0.1, 0.15) is 23.1 Å². The lowest BCUT2D eigenvalue weighted by molar-refractivity contribution is -0.140. The number of ether oxygens (including phenoxy) is 2. The van der Waals surface area contributed by atoms with E-state index in [9.17, 15) is 19.5 Å². The standard InChI is InChI=1S/C22H21NO6/c1-28-20(25)11-14-7-9-15(10-8-14)13-23-18-6-4-3-5-16(18)21(26)17(12-19(23)24)22(27)29-2/h3-10,26H,11-13H2,1-2H3. The van der Waals surface area contributed by atoms with Crippen molar-refractivity contribution in [1.82, 2.24) is 0 Å². The molecule has 0 fully saturated rings. The summed E-state index contributed by atoms with van der Waals surface area (Å²) in [5, 5.41) is 10.6. The number of aliphatic hydroxyl groups is 1. The first-order chi connectivity index (χ1) is 13.9. The summed E-state index contributed by atoms with van der Waals surface area (Å²) in [4.78, 5) is 37.9. The van der Waals surface area contributed by atoms with Crippen molar-refractivity contribution in [1.29, 1.82) is 0 Å². The molecule has 1 aliphatic heterocycles. The average Bonchev–Trinajstić information content (AvgIpc) is 2.85. The molecule has 7 heteroatoms. The molecule has 2 aromatic carbocycles. The monoisotopic (exact) mass is 395 g/mol. The van der Waals surface area contributed by atoms with Gasteiger partial charge in [0.15, 0.2) is 0 Å². The van der Waals surface area contributed by atoms with Crippen molar-refractivity contribution < 1.29 is 29.0 Å². The summed E-state index contributed by atoms with van der Waals surface area (Å²) in [7, 11) is 2.54. The molecule has 1 aliphatic rings. The van der Waals surface area contributed by atoms with Gasteiger partial charge < -0.3 is 19.5 Å². The number of amides is 1. The number of hydrogen-bond acceptors (Lipinski definition) is 6. The van der Waals surface area contributed by atoms with Crippen LogP contribution in [0.15, 0.2) is 54.1 Å². The van der Waals surface area contributed by atoms with E-state index in [4.69, 9.17) is 4.74 Å². The molecule has 1 heterocycles. The van der Waals surface area contributed by atoms with Gasteiger partial charge in [-0.05, 0) is 23.3 Å². The Kier molecular flexibility index (Phi) is 5.97. The van der Waals surface area contributed by atoms with Crippen LogP contribution in [0.4, 0.5) is 5.69 Å². The van der Waals surface area contributed by atoms with E-state index in [1.54, 1.807) is 36.4 Å². The molecule has 0 atom stereocenters. The van der Waals surface area contributed by atoms with E-state index in [0.29, 0.717) is 11.3 Å². The average molecular weight is 395 g/mol. The molecule has 29 heavy (non-hydrogen) atoms. The minimum atomic E-state index is -0.736. The van der Waals surface area contributed by atoms with Crippen molar-refractivity contribution >= 4 is 29.3 Å². The Morgan fingerprint density at radius 2 is 1.66 bits per heavy atom. The fourth-order valence-electron chi connectivity index (χ4n) is 3.19. The minimum Gasteiger partial charge on any atom is -0.507 e. The molecule has 7 nitrogen and oxygen atoms in total. The molecule has 0 radical (unpaired) electrons. The van der Waals surface area contributed by atoms with E-state index in [1.165, 1.54) is 19.1 Å². The molecule has 0 unspecified atom stereocenters. The molecular weight excluding hydrogens is 374 g/mol. The Balaban J connectivity index is 1.91. The Labute approximate surface area is 168 Å². The molecule has 0 bridgehead atoms. The van der Waals surface area contributed by atoms with Crippen LogP contribution in [0.2, 0.25) is 0 Å². The molecule has 0 aliphatic carbocycles. The van der Waals surface area contributed by atoms with Gasteiger partial charge in [-0.2, -0.15) is 0 Å². The normalized spacial score (nSPS) is 13.6. The van der Waals surface area contributed by atoms with Crippen LogP contribution >= 0.6 is 0 Å². The first-order valence-electron chi connectivity index (χ1n) is 8.99. The second kappa shape index (κ2) is 8.60. The number of benzene rings is 2. The van der Waals surface area contributed by atoms with Gasteiger partial charge in [0.25, 0.3) is 0 Å². The lowest BCUT2D eigenvalue weighted by atomic mass is 10.1. The number of anilines is 1. The molecule has 1 N–H and O–H groups in total. The first kappa shape index (κ1) is 20.1. The maximum absolute atomic E-state index is 12.9. The zero-order valence-electron chi connectivity index (χ0n) is 16.2. The molecule has 0 saturated carbocycles. The van der Waals surface area contributed by atoms with E-state index >= 15 is 0 Å². The van der Waals surface area contributed by atoms with Crippen LogP contribution in [-0.4, -0.2) is 37.2 Å². The Hall–Kier alpha value is -3.61. The zero-order chi connectivity index (χ0) is 21.0. The highest BCUT2D eigenvalue weighted by atomic mass is 16.5. The van der Waals surface area contributed by atoms with Gasteiger partial charge in [-0.3, -0.25) is 9.59 Å². The number of rotatable bonds is 5. The highest BCUT2D eigenvalue weighted by Crippen LogP contribution is 2.34. The summed E-state index contributed by atoms with van der Waals surface area (Å²) in [6, 6.07) is 14.1. The molecule has 0 aromatic heterocycles. The van der Waals surface area contributed by atoms with Crippen molar-refractivity contribution in [3.8, 4) is 0 Å². The Morgan fingerprint density at radius 1 is 1.00 bits per heavy atom. The third kappa shape index (κ3) is 4.29. The van der Waals surface area contributed by atoms with Gasteiger partial charge in [-0.1, -0.05) is 36.4 Å². The minimum absolute atomic E-state index is 0.0686. The van der Waals surface area contributed by atoms with E-state index < -0.39 is 5.97 Å². The van der Waals surface area contributed by atoms with Crippen molar-refractivity contribution in [2.45, 2.75) is 19.4 Å². The Bertz CT molecular complexity index is 977. The number of esters is 2. The van der Waals surface area contributed by atoms with E-state index in [0.717, 1.165) is 11.1 Å². The first-order valence-corrected chi connectivity index (χ1v) is 8.99. The van der Waals surface area contributed by atoms with E-state index in [1.807, 2.05) is 12.1 Å². The van der Waals surface area contributed by atoms with Crippen LogP contribution in [0.25, 0.3) is 5.76 Å². The van der Waals surface area contributed by atoms with Crippen LogP contribution in [0.5, 0.6) is 0 Å². The lowest BCUT2D eigenvalue weighted by Crippen LogP contribution is -2.30. The van der Waals surface area contributed by atoms with Crippen LogP contribution in [-0.2, 0) is 36.8 Å². The summed E-state index contributed by atoms with van der Waals surface area (Å²) in [5.74, 6) is -1.65. The van der Waals surface area contributed by atoms with Crippen molar-refractivity contribution in [2.24, 2.45) is 0 Å². The molecule has 2 aromatic rings. The number of nitrogens with zero attached hydrogens (tertiary/aromatic N) is 1. The van der Waals surface area contributed by atoms with Gasteiger partial charge in [0.1, 0.15) is 5.76 Å². The zero-order valence-corrected chi connectivity index (χ0v) is 16.2. The van der Waals surface area contributed by atoms with Gasteiger partial charge in [0.05, 0.1) is 44.9 Å². The Morgan fingerprint density at radius 3 is 2.31 bits per heavy atom. The molecule has 3 rings (SSSR count). The van der Waals surface area contributed by atoms with E-state index in [-0.39, 0.29) is 42.6 Å². The summed E-state index contributed by atoms with van der Waals surface area (Å²) in [6.45, 7) is 0.246. The van der Waals surface area contributed by atoms with Gasteiger partial charge in [0.2, 0.25) is 5.91 Å². The van der Waals surface area contributed by atoms with Crippen molar-refractivity contribution in [3.05, 3.63) is 70.8 Å². The fourth-order valence-corrected chi connectivity index (χ4v) is 3.19. The van der Waals surface area contributed by atoms with Crippen molar-refractivity contribution in [3.63, 3.8) is 0 Å². The third-order valence-corrected chi connectivity index (χ3v) is 4.74. The smallest absolute Gasteiger partial charge is 0.338 e. The highest BCUT2D eigenvalue weighted by Gasteiger charge is 2.31. The number of aliphatic hydroxyl groups excluding tert-OH is 1. The topological polar surface area (TPSA) is 93.1 Å². The summed E-state index contributed by atoms with van der Waals surface area (Å²) in [5.41, 5.74) is 2.47. The SMILES string of the molecule is COC(=O)Cc1ccc(CN2C(=O)CC(C(=O)OC)=C(O)c3ccccc32)cc1. The highest BCUT2D eigenvalue weighted by molar-refractivity contribution is 6.09. The predicted octanol–water partition coefficient (Wildman–Crippen LogP) is 2.78. The van der Waals surface area contributed by atoms with Crippen LogP contribution in [0, 0.1) is 0 Å². The van der Waals surface area contributed by atoms with Crippen molar-refractivity contribution in [2.75, 3.05) is 19.1 Å². The maximum atomic E-state index is 12.9. The van der Waals surface area contributed by atoms with Gasteiger partial charge in [0, 0.05) is 5.56 Å². The van der Waals surface area contributed by atoms with E-state index in [2.05, 4.69) is 4.74 Å². The summed E-state index contributed by atoms with van der Waals surface area (Å²) in [6.07, 6.45) is -0.101. The summed E-state index contributed by atoms with van der Waals surface area (Å²) < 4.78 is 9.38. The summed E-state index contributed by atoms with van der Waals surface area (Å²) >= 11 is 0. The molecular formula is C22H21NO6. The van der Waals surface area contributed by atoms with Crippen LogP contribution < -0.4 is 4.90 Å². The number of carbonyl (C=O) groups excluding carboxylic acids is 3. The number of hydrogen-bond donors (Lipinski definition) is 1. The second-order valence-corrected chi connectivity index (χ2v) is 6.56. The van der Waals surface area contributed by atoms with Gasteiger partial charge in [-0.25, -0.2) is 4.79 Å². The lowest BCUT2D eigenvalue weighted by Gasteiger charge is -2.23. The number of para-hydroxylation sites is 1. The van der Waals surface area contributed by atoms with Crippen LogP contribution in [0.3, 0.4) is 0 Å². The molecule has 1 amide bonds. The predicted molar refractivity (Wildman–Crippen MR) is 106 cm³/mol. The largest absolute Gasteiger partial charge is 0.507 e. The second-order valence-electron chi connectivity index (χ2n) is 6.56. The van der Waals surface area contributed by atoms with Gasteiger partial charge >= 0.3 is 11.9 Å². The fraction of sp³-hybridized carbons (Fsp3) is 0.227. The number of fused-ring (bicyclic) bond motifs is 1.